The second-order valence-corrected chi connectivity index (χ2v) is 11.7. The van der Waals surface area contributed by atoms with Gasteiger partial charge in [-0.3, -0.25) is 0 Å². The molecule has 1 aromatic heterocycles. The Bertz CT molecular complexity index is 1360. The van der Waals surface area contributed by atoms with Gasteiger partial charge in [-0.05, 0) is 5.56 Å². The Morgan fingerprint density at radius 3 is 2.43 bits per heavy atom. The molecular formula is C28H27N5O3Se. The summed E-state index contributed by atoms with van der Waals surface area (Å²) in [6.07, 6.45) is 1.46. The van der Waals surface area contributed by atoms with E-state index in [2.05, 4.69) is 46.6 Å². The molecule has 2 atom stereocenters. The molecule has 2 unspecified atom stereocenters. The molecule has 1 aliphatic rings. The first-order valence-electron chi connectivity index (χ1n) is 12.0. The molecule has 0 saturated heterocycles. The Balaban J connectivity index is 1.19. The topological polar surface area (TPSA) is 81.8 Å². The number of ether oxygens (including phenoxy) is 2. The molecule has 37 heavy (non-hydrogen) atoms. The second-order valence-electron chi connectivity index (χ2n) is 8.62. The predicted octanol–water partition coefficient (Wildman–Crippen LogP) is 3.61. The van der Waals surface area contributed by atoms with Gasteiger partial charge in [0, 0.05) is 0 Å². The van der Waals surface area contributed by atoms with Gasteiger partial charge in [-0.25, -0.2) is 4.68 Å². The molecule has 0 radical (unpaired) electrons. The van der Waals surface area contributed by atoms with Crippen LogP contribution in [0.2, 0.25) is 4.82 Å². The molecule has 8 nitrogen and oxygen atoms in total. The SMILES string of the molecule is CC(=O)N1N=C(c2ccc(OCc3cn(Cc4ccccc4)nn3)cc2)OC1C(C)[Se]c1ccccc1. The Labute approximate surface area is 222 Å². The number of aromatic nitrogens is 3. The van der Waals surface area contributed by atoms with Crippen LogP contribution in [0.25, 0.3) is 0 Å². The molecule has 0 aliphatic carbocycles. The molecule has 0 spiro atoms. The van der Waals surface area contributed by atoms with E-state index in [-0.39, 0.29) is 25.7 Å². The van der Waals surface area contributed by atoms with Gasteiger partial charge >= 0.3 is 170 Å². The van der Waals surface area contributed by atoms with Crippen LogP contribution in [-0.4, -0.2) is 53.0 Å². The van der Waals surface area contributed by atoms with E-state index in [0.29, 0.717) is 24.8 Å². The summed E-state index contributed by atoms with van der Waals surface area (Å²) < 4.78 is 15.1. The van der Waals surface area contributed by atoms with Crippen molar-refractivity contribution in [1.29, 1.82) is 0 Å². The number of nitrogens with zero attached hydrogens (tertiary/aromatic N) is 5. The van der Waals surface area contributed by atoms with Crippen LogP contribution in [0.3, 0.4) is 0 Å². The van der Waals surface area contributed by atoms with Crippen LogP contribution in [-0.2, 0) is 22.7 Å². The zero-order chi connectivity index (χ0) is 25.6. The van der Waals surface area contributed by atoms with Crippen molar-refractivity contribution >= 4 is 31.2 Å². The van der Waals surface area contributed by atoms with Gasteiger partial charge in [-0.1, -0.05) is 35.5 Å². The van der Waals surface area contributed by atoms with E-state index in [1.807, 2.05) is 66.9 Å². The molecular weight excluding hydrogens is 533 g/mol. The van der Waals surface area contributed by atoms with Crippen molar-refractivity contribution in [3.63, 3.8) is 0 Å². The Hall–Kier alpha value is -3.94. The third-order valence-corrected chi connectivity index (χ3v) is 8.13. The van der Waals surface area contributed by atoms with Crippen molar-refractivity contribution < 1.29 is 14.3 Å². The third-order valence-electron chi connectivity index (χ3n) is 5.72. The molecule has 1 amide bonds. The maximum atomic E-state index is 12.3. The Morgan fingerprint density at radius 1 is 1.03 bits per heavy atom. The standard InChI is InChI=1S/C28H27N5O3Se/c1-20(37-26-11-7-4-8-12-26)28-33(21(2)34)30-27(36-28)23-13-15-25(16-14-23)35-19-24-18-32(31-29-24)17-22-9-5-3-6-10-22/h3-16,18,20,28H,17,19H2,1-2H3. The summed E-state index contributed by atoms with van der Waals surface area (Å²) in [5, 5.41) is 14.3. The van der Waals surface area contributed by atoms with Crippen molar-refractivity contribution in [1.82, 2.24) is 20.0 Å². The summed E-state index contributed by atoms with van der Waals surface area (Å²) in [6, 6.07) is 27.9. The van der Waals surface area contributed by atoms with Gasteiger partial charge in [0.1, 0.15) is 0 Å². The summed E-state index contributed by atoms with van der Waals surface area (Å²) >= 11 is 0.130. The van der Waals surface area contributed by atoms with E-state index in [9.17, 15) is 4.79 Å². The van der Waals surface area contributed by atoms with Crippen molar-refractivity contribution in [2.75, 3.05) is 0 Å². The second kappa shape index (κ2) is 11.4. The molecule has 188 valence electrons. The monoisotopic (exact) mass is 561 g/mol. The third kappa shape index (κ3) is 6.25. The van der Waals surface area contributed by atoms with Crippen LogP contribution in [0.15, 0.2) is 96.2 Å². The van der Waals surface area contributed by atoms with Crippen LogP contribution in [0.1, 0.15) is 30.7 Å². The van der Waals surface area contributed by atoms with Gasteiger partial charge in [0.05, 0.1) is 6.54 Å². The normalized spacial score (nSPS) is 15.7. The van der Waals surface area contributed by atoms with E-state index in [1.54, 1.807) is 4.68 Å². The molecule has 4 aromatic rings. The predicted molar refractivity (Wildman–Crippen MR) is 142 cm³/mol. The zero-order valence-corrected chi connectivity index (χ0v) is 22.3. The molecule has 0 saturated carbocycles. The van der Waals surface area contributed by atoms with Crippen molar-refractivity contribution in [3.8, 4) is 5.75 Å². The fraction of sp³-hybridized carbons (Fsp3) is 0.214. The van der Waals surface area contributed by atoms with Gasteiger partial charge in [-0.15, -0.1) is 0 Å². The molecule has 5 rings (SSSR count). The zero-order valence-electron chi connectivity index (χ0n) is 20.6. The Morgan fingerprint density at radius 2 is 1.73 bits per heavy atom. The van der Waals surface area contributed by atoms with E-state index in [4.69, 9.17) is 9.47 Å². The van der Waals surface area contributed by atoms with Crippen molar-refractivity contribution in [3.05, 3.63) is 108 Å². The van der Waals surface area contributed by atoms with Gasteiger partial charge in [0.15, 0.2) is 0 Å². The van der Waals surface area contributed by atoms with Crippen LogP contribution >= 0.6 is 0 Å². The maximum absolute atomic E-state index is 12.3. The van der Waals surface area contributed by atoms with E-state index in [1.165, 1.54) is 16.4 Å². The van der Waals surface area contributed by atoms with E-state index < -0.39 is 6.23 Å². The van der Waals surface area contributed by atoms with E-state index in [0.717, 1.165) is 16.8 Å². The van der Waals surface area contributed by atoms with Crippen LogP contribution in [0, 0.1) is 0 Å². The molecule has 9 heteroatoms. The fourth-order valence-electron chi connectivity index (χ4n) is 3.89. The number of rotatable bonds is 9. The number of carbonyl (C=O) groups excluding carboxylic acids is 1. The first-order chi connectivity index (χ1) is 18.0. The fourth-order valence-corrected chi connectivity index (χ4v) is 6.05. The Kier molecular flexibility index (Phi) is 7.63. The minimum atomic E-state index is -0.429. The summed E-state index contributed by atoms with van der Waals surface area (Å²) in [7, 11) is 0. The van der Waals surface area contributed by atoms with Gasteiger partial charge < -0.3 is 0 Å². The van der Waals surface area contributed by atoms with Gasteiger partial charge in [0.25, 0.3) is 0 Å². The average molecular weight is 561 g/mol. The summed E-state index contributed by atoms with van der Waals surface area (Å²) in [4.78, 5) is 12.4. The van der Waals surface area contributed by atoms with Crippen LogP contribution < -0.4 is 9.20 Å². The van der Waals surface area contributed by atoms with Crippen molar-refractivity contribution in [2.45, 2.75) is 38.0 Å². The molecule has 2 heterocycles. The summed E-state index contributed by atoms with van der Waals surface area (Å²) in [5.74, 6) is 0.989. The number of hydrazone groups is 1. The number of carbonyl (C=O) groups is 1. The first kappa shape index (κ1) is 24.7. The number of benzene rings is 3. The number of hydrogen-bond acceptors (Lipinski definition) is 6. The summed E-state index contributed by atoms with van der Waals surface area (Å²) in [5.41, 5.74) is 2.70. The van der Waals surface area contributed by atoms with E-state index >= 15 is 0 Å². The number of hydrogen-bond donors (Lipinski definition) is 0. The molecule has 0 fully saturated rings. The molecule has 0 bridgehead atoms. The van der Waals surface area contributed by atoms with Crippen LogP contribution in [0.4, 0.5) is 0 Å². The van der Waals surface area contributed by atoms with Gasteiger partial charge in [-0.2, -0.15) is 0 Å². The summed E-state index contributed by atoms with van der Waals surface area (Å²) in [6.45, 7) is 4.58. The molecule has 3 aromatic carbocycles. The van der Waals surface area contributed by atoms with Gasteiger partial charge in [0.2, 0.25) is 0 Å². The molecule has 0 N–H and O–H groups in total. The minimum absolute atomic E-state index is 0.123. The number of amides is 1. The first-order valence-corrected chi connectivity index (χ1v) is 13.8. The molecule has 1 aliphatic heterocycles. The van der Waals surface area contributed by atoms with Crippen LogP contribution in [0.5, 0.6) is 5.75 Å². The van der Waals surface area contributed by atoms with Crippen molar-refractivity contribution in [2.24, 2.45) is 5.10 Å². The quantitative estimate of drug-likeness (QED) is 0.292. The average Bonchev–Trinajstić information content (AvgIpc) is 3.57.